The average molecular weight is 395 g/mol. The number of carbonyl (C=O) groups is 1. The number of amides is 1. The maximum absolute atomic E-state index is 12.0. The van der Waals surface area contributed by atoms with E-state index in [0.717, 1.165) is 41.9 Å². The number of anilines is 1. The summed E-state index contributed by atoms with van der Waals surface area (Å²) in [4.78, 5) is 23.1. The summed E-state index contributed by atoms with van der Waals surface area (Å²) < 4.78 is 5.87. The van der Waals surface area contributed by atoms with Gasteiger partial charge >= 0.3 is 0 Å². The summed E-state index contributed by atoms with van der Waals surface area (Å²) in [6, 6.07) is 12.5. The van der Waals surface area contributed by atoms with Crippen LogP contribution in [0.2, 0.25) is 0 Å². The Kier molecular flexibility index (Phi) is 4.70. The second-order valence-electron chi connectivity index (χ2n) is 7.35. The molecule has 0 saturated carbocycles. The number of piperidine rings is 1. The highest BCUT2D eigenvalue weighted by Crippen LogP contribution is 2.35. The van der Waals surface area contributed by atoms with Gasteiger partial charge in [-0.1, -0.05) is 30.3 Å². The van der Waals surface area contributed by atoms with Crippen molar-refractivity contribution in [2.45, 2.75) is 43.9 Å². The van der Waals surface area contributed by atoms with Gasteiger partial charge in [-0.05, 0) is 30.9 Å². The van der Waals surface area contributed by atoms with Crippen LogP contribution < -0.4 is 10.6 Å². The maximum Gasteiger partial charge on any atom is 0.220 e. The van der Waals surface area contributed by atoms with Gasteiger partial charge in [-0.2, -0.15) is 0 Å². The number of aromatic nitrogens is 2. The fraction of sp³-hybridized carbons (Fsp3) is 0.381. The van der Waals surface area contributed by atoms with Crippen LogP contribution in [0.5, 0.6) is 0 Å². The summed E-state index contributed by atoms with van der Waals surface area (Å²) in [5, 5.41) is 7.76. The van der Waals surface area contributed by atoms with Crippen LogP contribution in [0, 0.1) is 0 Å². The number of benzene rings is 1. The Balaban J connectivity index is 1.45. The van der Waals surface area contributed by atoms with Crippen LogP contribution in [0.15, 0.2) is 42.7 Å². The van der Waals surface area contributed by atoms with Crippen LogP contribution in [0.1, 0.15) is 25.7 Å². The third-order valence-corrected chi connectivity index (χ3v) is 6.61. The fourth-order valence-corrected chi connectivity index (χ4v) is 5.12. The first-order chi connectivity index (χ1) is 13.8. The molecule has 2 aliphatic rings. The number of carbonyl (C=O) groups excluding carboxylic acids is 1. The second kappa shape index (κ2) is 7.48. The minimum Gasteiger partial charge on any atom is -0.376 e. The largest absolute Gasteiger partial charge is 0.376 e. The summed E-state index contributed by atoms with van der Waals surface area (Å²) in [6.07, 6.45) is 5.01. The van der Waals surface area contributed by atoms with Crippen molar-refractivity contribution in [3.8, 4) is 10.4 Å². The third-order valence-electron chi connectivity index (χ3n) is 5.52. The van der Waals surface area contributed by atoms with E-state index in [1.807, 2.05) is 18.2 Å². The summed E-state index contributed by atoms with van der Waals surface area (Å²) in [7, 11) is 0. The zero-order chi connectivity index (χ0) is 18.9. The average Bonchev–Trinajstić information content (AvgIpc) is 3.40. The Morgan fingerprint density at radius 2 is 2.07 bits per heavy atom. The van der Waals surface area contributed by atoms with Crippen molar-refractivity contribution in [3.05, 3.63) is 42.7 Å². The number of rotatable bonds is 4. The Labute approximate surface area is 167 Å². The summed E-state index contributed by atoms with van der Waals surface area (Å²) in [5.74, 6) is 0.931. The molecule has 28 heavy (non-hydrogen) atoms. The fourth-order valence-electron chi connectivity index (χ4n) is 4.12. The van der Waals surface area contributed by atoms with E-state index in [1.165, 1.54) is 10.4 Å². The van der Waals surface area contributed by atoms with Gasteiger partial charge in [-0.15, -0.1) is 11.3 Å². The van der Waals surface area contributed by atoms with E-state index in [-0.39, 0.29) is 24.1 Å². The lowest BCUT2D eigenvalue weighted by Crippen LogP contribution is -2.56. The molecule has 4 heterocycles. The molecule has 144 valence electrons. The predicted molar refractivity (Wildman–Crippen MR) is 110 cm³/mol. The van der Waals surface area contributed by atoms with Gasteiger partial charge in [-0.3, -0.25) is 4.79 Å². The second-order valence-corrected chi connectivity index (χ2v) is 8.38. The molecular weight excluding hydrogens is 372 g/mol. The number of ether oxygens (including phenoxy) is 1. The first-order valence-corrected chi connectivity index (χ1v) is 10.6. The van der Waals surface area contributed by atoms with Gasteiger partial charge in [0.1, 0.15) is 17.0 Å². The van der Waals surface area contributed by atoms with E-state index >= 15 is 0 Å². The zero-order valence-electron chi connectivity index (χ0n) is 15.4. The van der Waals surface area contributed by atoms with Crippen LogP contribution in [-0.2, 0) is 9.53 Å². The number of fused-ring (bicyclic) bond motifs is 1. The smallest absolute Gasteiger partial charge is 0.220 e. The van der Waals surface area contributed by atoms with E-state index in [4.69, 9.17) is 4.74 Å². The number of nitrogens with one attached hydrogen (secondary N) is 2. The van der Waals surface area contributed by atoms with Crippen LogP contribution in [0.3, 0.4) is 0 Å². The highest BCUT2D eigenvalue weighted by Gasteiger charge is 2.37. The highest BCUT2D eigenvalue weighted by molar-refractivity contribution is 7.21. The van der Waals surface area contributed by atoms with Gasteiger partial charge in [0.05, 0.1) is 23.6 Å². The van der Waals surface area contributed by atoms with Crippen molar-refractivity contribution < 1.29 is 9.53 Å². The minimum absolute atomic E-state index is 0.0269. The first-order valence-electron chi connectivity index (χ1n) is 9.75. The van der Waals surface area contributed by atoms with E-state index < -0.39 is 0 Å². The van der Waals surface area contributed by atoms with Gasteiger partial charge in [0, 0.05) is 17.9 Å². The third kappa shape index (κ3) is 3.36. The molecule has 2 fully saturated rings. The number of thiophene rings is 1. The summed E-state index contributed by atoms with van der Waals surface area (Å²) in [6.45, 7) is 0.770. The van der Waals surface area contributed by atoms with Gasteiger partial charge < -0.3 is 15.4 Å². The topological polar surface area (TPSA) is 76.1 Å². The van der Waals surface area contributed by atoms with Gasteiger partial charge in [0.25, 0.3) is 0 Å². The van der Waals surface area contributed by atoms with Crippen molar-refractivity contribution in [2.24, 2.45) is 0 Å². The van der Waals surface area contributed by atoms with Crippen LogP contribution in [0.25, 0.3) is 20.7 Å². The van der Waals surface area contributed by atoms with Gasteiger partial charge in [0.2, 0.25) is 5.91 Å². The Morgan fingerprint density at radius 3 is 2.89 bits per heavy atom. The molecule has 0 aliphatic carbocycles. The van der Waals surface area contributed by atoms with Crippen molar-refractivity contribution in [2.75, 3.05) is 11.9 Å². The lowest BCUT2D eigenvalue weighted by molar-refractivity contribution is -0.124. The van der Waals surface area contributed by atoms with Crippen molar-refractivity contribution in [1.29, 1.82) is 0 Å². The monoisotopic (exact) mass is 394 g/mol. The van der Waals surface area contributed by atoms with E-state index in [9.17, 15) is 4.79 Å². The molecule has 0 radical (unpaired) electrons. The molecule has 2 saturated heterocycles. The molecule has 5 rings (SSSR count). The van der Waals surface area contributed by atoms with Crippen molar-refractivity contribution in [1.82, 2.24) is 15.3 Å². The molecule has 0 spiro atoms. The summed E-state index contributed by atoms with van der Waals surface area (Å²) >= 11 is 1.67. The lowest BCUT2D eigenvalue weighted by atomic mass is 9.92. The number of hydrogen-bond donors (Lipinski definition) is 2. The molecule has 3 aromatic rings. The SMILES string of the molecule is O=C1CCC(Nc2ncnc3sc(-c4ccccc4)cc23)C(C2CCCO2)N1. The Hall–Kier alpha value is -2.51. The quantitative estimate of drug-likeness (QED) is 0.707. The Bertz CT molecular complexity index is 984. The summed E-state index contributed by atoms with van der Waals surface area (Å²) in [5.41, 5.74) is 1.18. The molecule has 2 aromatic heterocycles. The minimum atomic E-state index is -0.0269. The molecule has 1 aromatic carbocycles. The van der Waals surface area contributed by atoms with E-state index in [2.05, 4.69) is 38.8 Å². The molecule has 7 heteroatoms. The molecule has 3 atom stereocenters. The molecule has 6 nitrogen and oxygen atoms in total. The van der Waals surface area contributed by atoms with Crippen molar-refractivity contribution in [3.63, 3.8) is 0 Å². The van der Waals surface area contributed by atoms with Crippen LogP contribution >= 0.6 is 11.3 Å². The molecule has 2 aliphatic heterocycles. The predicted octanol–water partition coefficient (Wildman–Crippen LogP) is 3.60. The molecular formula is C21H22N4O2S. The van der Waals surface area contributed by atoms with E-state index in [1.54, 1.807) is 17.7 Å². The van der Waals surface area contributed by atoms with Crippen molar-refractivity contribution >= 4 is 33.3 Å². The van der Waals surface area contributed by atoms with Gasteiger partial charge in [0.15, 0.2) is 0 Å². The van der Waals surface area contributed by atoms with Crippen LogP contribution in [0.4, 0.5) is 5.82 Å². The highest BCUT2D eigenvalue weighted by atomic mass is 32.1. The standard InChI is InChI=1S/C21H22N4O2S/c26-18-9-8-15(19(25-18)16-7-4-10-27-16)24-20-14-11-17(13-5-2-1-3-6-13)28-21(14)23-12-22-20/h1-3,5-6,11-12,15-16,19H,4,7-10H2,(H,25,26)(H,22,23,24). The van der Waals surface area contributed by atoms with Gasteiger partial charge in [-0.25, -0.2) is 9.97 Å². The molecule has 0 bridgehead atoms. The van der Waals surface area contributed by atoms with E-state index in [0.29, 0.717) is 6.42 Å². The molecule has 2 N–H and O–H groups in total. The number of hydrogen-bond acceptors (Lipinski definition) is 6. The Morgan fingerprint density at radius 1 is 1.18 bits per heavy atom. The number of nitrogens with zero attached hydrogens (tertiary/aromatic N) is 2. The van der Waals surface area contributed by atoms with Crippen LogP contribution in [-0.4, -0.2) is 40.7 Å². The maximum atomic E-state index is 12.0. The zero-order valence-corrected chi connectivity index (χ0v) is 16.2. The normalized spacial score (nSPS) is 25.0. The first kappa shape index (κ1) is 17.6. The lowest BCUT2D eigenvalue weighted by Gasteiger charge is -2.36. The molecule has 3 unspecified atom stereocenters. The molecule has 1 amide bonds.